The van der Waals surface area contributed by atoms with E-state index in [1.807, 2.05) is 43.7 Å². The molecule has 0 atom stereocenters. The Bertz CT molecular complexity index is 558. The smallest absolute Gasteiger partial charge is 0.146 e. The van der Waals surface area contributed by atoms with Crippen molar-refractivity contribution < 1.29 is 4.74 Å². The number of hydrogen-bond acceptors (Lipinski definition) is 3. The van der Waals surface area contributed by atoms with E-state index >= 15 is 0 Å². The first kappa shape index (κ1) is 11.5. The minimum Gasteiger partial charge on any atom is -0.494 e. The number of hydrogen-bond donors (Lipinski definition) is 1. The minimum atomic E-state index is 0.729. The van der Waals surface area contributed by atoms with E-state index in [2.05, 4.69) is 5.10 Å². The van der Waals surface area contributed by atoms with Gasteiger partial charge in [0.1, 0.15) is 11.4 Å². The molecular weight excluding hydrogens is 214 g/mol. The molecule has 1 aromatic carbocycles. The first-order valence-corrected chi connectivity index (χ1v) is 5.50. The third-order valence-corrected chi connectivity index (χ3v) is 2.81. The zero-order valence-corrected chi connectivity index (χ0v) is 10.6. The summed E-state index contributed by atoms with van der Waals surface area (Å²) < 4.78 is 7.23. The lowest BCUT2D eigenvalue weighted by molar-refractivity contribution is 0.411. The zero-order valence-electron chi connectivity index (χ0n) is 10.6. The number of rotatable bonds is 2. The minimum absolute atomic E-state index is 0.729. The molecule has 1 heterocycles. The quantitative estimate of drug-likeness (QED) is 0.807. The summed E-state index contributed by atoms with van der Waals surface area (Å²) >= 11 is 0. The fourth-order valence-electron chi connectivity index (χ4n) is 1.89. The molecule has 2 aromatic rings. The number of benzene rings is 1. The molecule has 2 rings (SSSR count). The number of nitrogens with zero attached hydrogens (tertiary/aromatic N) is 2. The molecule has 0 aliphatic rings. The van der Waals surface area contributed by atoms with Gasteiger partial charge in [0.05, 0.1) is 12.8 Å². The number of methoxy groups -OCH3 is 1. The van der Waals surface area contributed by atoms with Crippen LogP contribution in [0.4, 0.5) is 5.69 Å². The topological polar surface area (TPSA) is 53.1 Å². The monoisotopic (exact) mass is 231 g/mol. The maximum Gasteiger partial charge on any atom is 0.146 e. The predicted octanol–water partition coefficient (Wildman–Crippen LogP) is 2.39. The summed E-state index contributed by atoms with van der Waals surface area (Å²) in [5.41, 5.74) is 10.6. The third-order valence-electron chi connectivity index (χ3n) is 2.81. The van der Waals surface area contributed by atoms with Gasteiger partial charge in [0.15, 0.2) is 0 Å². The van der Waals surface area contributed by atoms with Crippen LogP contribution in [-0.4, -0.2) is 16.9 Å². The summed E-state index contributed by atoms with van der Waals surface area (Å²) in [6.07, 6.45) is 0. The van der Waals surface area contributed by atoms with Gasteiger partial charge in [-0.15, -0.1) is 0 Å². The number of ether oxygens (including phenoxy) is 1. The Balaban J connectivity index is 2.66. The maximum atomic E-state index is 5.88. The van der Waals surface area contributed by atoms with E-state index in [-0.39, 0.29) is 0 Å². The van der Waals surface area contributed by atoms with Crippen LogP contribution in [0.3, 0.4) is 0 Å². The number of aryl methyl sites for hydroxylation is 3. The highest BCUT2D eigenvalue weighted by Gasteiger charge is 2.11. The Kier molecular flexibility index (Phi) is 2.79. The second kappa shape index (κ2) is 4.13. The Morgan fingerprint density at radius 1 is 1.18 bits per heavy atom. The molecule has 4 nitrogen and oxygen atoms in total. The van der Waals surface area contributed by atoms with Crippen molar-refractivity contribution >= 4 is 5.69 Å². The summed E-state index contributed by atoms with van der Waals surface area (Å²) in [7, 11) is 1.64. The van der Waals surface area contributed by atoms with Gasteiger partial charge in [0, 0.05) is 17.4 Å². The molecule has 0 radical (unpaired) electrons. The van der Waals surface area contributed by atoms with Crippen LogP contribution < -0.4 is 10.5 Å². The summed E-state index contributed by atoms with van der Waals surface area (Å²) in [6, 6.07) is 5.86. The van der Waals surface area contributed by atoms with Gasteiger partial charge < -0.3 is 10.5 Å². The van der Waals surface area contributed by atoms with Crippen LogP contribution in [0.25, 0.3) is 5.69 Å². The standard InChI is InChI=1S/C13H17N3O/c1-8-5-12(13(17-4)7-11(8)14)16-10(3)6-9(2)15-16/h5-7H,14H2,1-4H3. The molecule has 0 unspecified atom stereocenters. The fraction of sp³-hybridized carbons (Fsp3) is 0.308. The van der Waals surface area contributed by atoms with E-state index in [1.54, 1.807) is 7.11 Å². The van der Waals surface area contributed by atoms with E-state index < -0.39 is 0 Å². The molecule has 17 heavy (non-hydrogen) atoms. The van der Waals surface area contributed by atoms with Crippen molar-refractivity contribution in [2.75, 3.05) is 12.8 Å². The van der Waals surface area contributed by atoms with Gasteiger partial charge >= 0.3 is 0 Å². The molecule has 1 aromatic heterocycles. The van der Waals surface area contributed by atoms with Crippen molar-refractivity contribution in [2.45, 2.75) is 20.8 Å². The van der Waals surface area contributed by atoms with Gasteiger partial charge in [-0.3, -0.25) is 0 Å². The molecule has 0 aliphatic heterocycles. The van der Waals surface area contributed by atoms with Gasteiger partial charge in [-0.25, -0.2) is 4.68 Å². The van der Waals surface area contributed by atoms with E-state index in [4.69, 9.17) is 10.5 Å². The SMILES string of the molecule is COc1cc(N)c(C)cc1-n1nc(C)cc1C. The van der Waals surface area contributed by atoms with Crippen LogP contribution >= 0.6 is 0 Å². The molecule has 2 N–H and O–H groups in total. The van der Waals surface area contributed by atoms with Crippen LogP contribution in [0.5, 0.6) is 5.75 Å². The van der Waals surface area contributed by atoms with Crippen LogP contribution in [0.15, 0.2) is 18.2 Å². The van der Waals surface area contributed by atoms with E-state index in [0.717, 1.165) is 34.1 Å². The highest BCUT2D eigenvalue weighted by molar-refractivity contribution is 5.60. The van der Waals surface area contributed by atoms with Gasteiger partial charge in [-0.2, -0.15) is 5.10 Å². The van der Waals surface area contributed by atoms with Crippen molar-refractivity contribution in [1.82, 2.24) is 9.78 Å². The molecule has 0 saturated heterocycles. The largest absolute Gasteiger partial charge is 0.494 e. The second-order valence-corrected chi connectivity index (χ2v) is 4.22. The summed E-state index contributed by atoms with van der Waals surface area (Å²) in [5, 5.41) is 4.46. The Morgan fingerprint density at radius 2 is 1.88 bits per heavy atom. The first-order valence-electron chi connectivity index (χ1n) is 5.50. The maximum absolute atomic E-state index is 5.88. The van der Waals surface area contributed by atoms with Crippen molar-refractivity contribution in [2.24, 2.45) is 0 Å². The van der Waals surface area contributed by atoms with Gasteiger partial charge in [-0.1, -0.05) is 0 Å². The van der Waals surface area contributed by atoms with Crippen LogP contribution in [0.2, 0.25) is 0 Å². The molecule has 0 fully saturated rings. The summed E-state index contributed by atoms with van der Waals surface area (Å²) in [5.74, 6) is 0.735. The van der Waals surface area contributed by atoms with E-state index in [9.17, 15) is 0 Å². The molecule has 4 heteroatoms. The number of aromatic nitrogens is 2. The molecule has 0 bridgehead atoms. The van der Waals surface area contributed by atoms with Gasteiger partial charge in [-0.05, 0) is 38.5 Å². The second-order valence-electron chi connectivity index (χ2n) is 4.22. The molecule has 0 saturated carbocycles. The lowest BCUT2D eigenvalue weighted by atomic mass is 10.1. The van der Waals surface area contributed by atoms with E-state index in [0.29, 0.717) is 0 Å². The zero-order chi connectivity index (χ0) is 12.6. The molecule has 0 aliphatic carbocycles. The normalized spacial score (nSPS) is 10.6. The van der Waals surface area contributed by atoms with Crippen molar-refractivity contribution in [3.8, 4) is 11.4 Å². The number of nitrogens with two attached hydrogens (primary N) is 1. The van der Waals surface area contributed by atoms with Crippen molar-refractivity contribution in [1.29, 1.82) is 0 Å². The third kappa shape index (κ3) is 1.98. The summed E-state index contributed by atoms with van der Waals surface area (Å²) in [4.78, 5) is 0. The Morgan fingerprint density at radius 3 is 2.41 bits per heavy atom. The number of nitrogen functional groups attached to an aromatic ring is 1. The molecule has 90 valence electrons. The Labute approximate surface area is 101 Å². The molecule has 0 spiro atoms. The van der Waals surface area contributed by atoms with Crippen LogP contribution in [-0.2, 0) is 0 Å². The highest BCUT2D eigenvalue weighted by Crippen LogP contribution is 2.28. The van der Waals surface area contributed by atoms with Crippen molar-refractivity contribution in [3.63, 3.8) is 0 Å². The van der Waals surface area contributed by atoms with Crippen LogP contribution in [0, 0.1) is 20.8 Å². The van der Waals surface area contributed by atoms with Gasteiger partial charge in [0.2, 0.25) is 0 Å². The first-order chi connectivity index (χ1) is 8.02. The van der Waals surface area contributed by atoms with E-state index in [1.165, 1.54) is 0 Å². The Hall–Kier alpha value is -1.97. The molecule has 0 amide bonds. The average molecular weight is 231 g/mol. The predicted molar refractivity (Wildman–Crippen MR) is 68.7 cm³/mol. The summed E-state index contributed by atoms with van der Waals surface area (Å²) in [6.45, 7) is 5.97. The lowest BCUT2D eigenvalue weighted by Crippen LogP contribution is -2.04. The van der Waals surface area contributed by atoms with Crippen molar-refractivity contribution in [3.05, 3.63) is 35.2 Å². The fourth-order valence-corrected chi connectivity index (χ4v) is 1.89. The molecular formula is C13H17N3O. The average Bonchev–Trinajstić information content (AvgIpc) is 2.61. The lowest BCUT2D eigenvalue weighted by Gasteiger charge is -2.12. The van der Waals surface area contributed by atoms with Crippen LogP contribution in [0.1, 0.15) is 17.0 Å². The number of anilines is 1. The highest BCUT2D eigenvalue weighted by atomic mass is 16.5. The van der Waals surface area contributed by atoms with Gasteiger partial charge in [0.25, 0.3) is 0 Å².